The third kappa shape index (κ3) is 3.46. The smallest absolute Gasteiger partial charge is 0.315 e. The van der Waals surface area contributed by atoms with Crippen molar-refractivity contribution in [2.45, 2.75) is 38.0 Å². The Morgan fingerprint density at radius 3 is 2.71 bits per heavy atom. The standard InChI is InChI=1S/C13H18N2O2/c16-12-8-4-7-11(12)15-13(17)14-9-10-5-2-1-3-6-10/h1-3,5-6,11-12,16H,4,7-9H2,(H2,14,15,17). The summed E-state index contributed by atoms with van der Waals surface area (Å²) in [6.45, 7) is 0.509. The van der Waals surface area contributed by atoms with E-state index in [-0.39, 0.29) is 12.1 Å². The highest BCUT2D eigenvalue weighted by molar-refractivity contribution is 5.74. The minimum absolute atomic E-state index is 0.0919. The van der Waals surface area contributed by atoms with Gasteiger partial charge < -0.3 is 15.7 Å². The largest absolute Gasteiger partial charge is 0.391 e. The Hall–Kier alpha value is -1.55. The molecule has 0 bridgehead atoms. The molecule has 0 aromatic heterocycles. The van der Waals surface area contributed by atoms with E-state index in [0.717, 1.165) is 24.8 Å². The van der Waals surface area contributed by atoms with E-state index in [1.54, 1.807) is 0 Å². The second-order valence-corrected chi connectivity index (χ2v) is 4.42. The number of benzene rings is 1. The van der Waals surface area contributed by atoms with Crippen molar-refractivity contribution in [1.82, 2.24) is 10.6 Å². The van der Waals surface area contributed by atoms with Gasteiger partial charge in [0.25, 0.3) is 0 Å². The Bertz CT molecular complexity index is 367. The predicted octanol–water partition coefficient (Wildman–Crippen LogP) is 1.40. The van der Waals surface area contributed by atoms with Crippen molar-refractivity contribution >= 4 is 6.03 Å². The van der Waals surface area contributed by atoms with Crippen LogP contribution in [-0.4, -0.2) is 23.3 Å². The van der Waals surface area contributed by atoms with Crippen LogP contribution >= 0.6 is 0 Å². The van der Waals surface area contributed by atoms with E-state index in [9.17, 15) is 9.90 Å². The first kappa shape index (κ1) is 11.9. The minimum atomic E-state index is -0.391. The molecule has 0 heterocycles. The van der Waals surface area contributed by atoms with Crippen molar-refractivity contribution in [3.05, 3.63) is 35.9 Å². The summed E-state index contributed by atoms with van der Waals surface area (Å²) in [4.78, 5) is 11.6. The van der Waals surface area contributed by atoms with Gasteiger partial charge in [-0.2, -0.15) is 0 Å². The van der Waals surface area contributed by atoms with Crippen molar-refractivity contribution < 1.29 is 9.90 Å². The number of hydrogen-bond acceptors (Lipinski definition) is 2. The van der Waals surface area contributed by atoms with Crippen LogP contribution in [0.3, 0.4) is 0 Å². The summed E-state index contributed by atoms with van der Waals surface area (Å²) in [5, 5.41) is 15.2. The first-order chi connectivity index (χ1) is 8.25. The molecule has 4 heteroatoms. The zero-order chi connectivity index (χ0) is 12.1. The zero-order valence-electron chi connectivity index (χ0n) is 9.73. The van der Waals surface area contributed by atoms with Gasteiger partial charge in [0.15, 0.2) is 0 Å². The summed E-state index contributed by atoms with van der Waals surface area (Å²) in [6, 6.07) is 9.45. The van der Waals surface area contributed by atoms with Gasteiger partial charge >= 0.3 is 6.03 Å². The van der Waals surface area contributed by atoms with Crippen molar-refractivity contribution in [2.24, 2.45) is 0 Å². The van der Waals surface area contributed by atoms with Crippen molar-refractivity contribution in [3.63, 3.8) is 0 Å². The van der Waals surface area contributed by atoms with Crippen LogP contribution in [0.25, 0.3) is 0 Å². The molecule has 0 aliphatic heterocycles. The molecular formula is C13H18N2O2. The number of urea groups is 1. The molecule has 1 aliphatic carbocycles. The molecule has 4 nitrogen and oxygen atoms in total. The monoisotopic (exact) mass is 234 g/mol. The van der Waals surface area contributed by atoms with Crippen LogP contribution in [-0.2, 0) is 6.54 Å². The fourth-order valence-corrected chi connectivity index (χ4v) is 2.11. The van der Waals surface area contributed by atoms with E-state index in [0.29, 0.717) is 6.54 Å². The Kier molecular flexibility index (Phi) is 3.98. The van der Waals surface area contributed by atoms with E-state index in [4.69, 9.17) is 0 Å². The first-order valence-corrected chi connectivity index (χ1v) is 6.02. The summed E-state index contributed by atoms with van der Waals surface area (Å²) >= 11 is 0. The maximum Gasteiger partial charge on any atom is 0.315 e. The average molecular weight is 234 g/mol. The normalized spacial score (nSPS) is 23.4. The van der Waals surface area contributed by atoms with Crippen LogP contribution in [0.2, 0.25) is 0 Å². The van der Waals surface area contributed by atoms with E-state index < -0.39 is 6.10 Å². The molecule has 2 unspecified atom stereocenters. The maximum atomic E-state index is 11.6. The fourth-order valence-electron chi connectivity index (χ4n) is 2.11. The lowest BCUT2D eigenvalue weighted by Gasteiger charge is -2.16. The Morgan fingerprint density at radius 1 is 1.29 bits per heavy atom. The van der Waals surface area contributed by atoms with Crippen LogP contribution in [0.4, 0.5) is 4.79 Å². The molecule has 1 aliphatic rings. The molecule has 3 N–H and O–H groups in total. The lowest BCUT2D eigenvalue weighted by atomic mass is 10.2. The second-order valence-electron chi connectivity index (χ2n) is 4.42. The molecule has 2 amide bonds. The molecule has 1 fully saturated rings. The maximum absolute atomic E-state index is 11.6. The highest BCUT2D eigenvalue weighted by Crippen LogP contribution is 2.18. The summed E-state index contributed by atoms with van der Waals surface area (Å²) in [7, 11) is 0. The van der Waals surface area contributed by atoms with Gasteiger partial charge in [-0.1, -0.05) is 30.3 Å². The third-order valence-corrected chi connectivity index (χ3v) is 3.09. The zero-order valence-corrected chi connectivity index (χ0v) is 9.73. The number of aliphatic hydroxyl groups excluding tert-OH is 1. The number of carbonyl (C=O) groups excluding carboxylic acids is 1. The highest BCUT2D eigenvalue weighted by Gasteiger charge is 2.26. The quantitative estimate of drug-likeness (QED) is 0.740. The van der Waals surface area contributed by atoms with Gasteiger partial charge in [0, 0.05) is 6.54 Å². The number of nitrogens with one attached hydrogen (secondary N) is 2. The van der Waals surface area contributed by atoms with Crippen LogP contribution < -0.4 is 10.6 Å². The number of amides is 2. The number of carbonyl (C=O) groups is 1. The van der Waals surface area contributed by atoms with Gasteiger partial charge in [-0.25, -0.2) is 4.79 Å². The Balaban J connectivity index is 1.74. The lowest BCUT2D eigenvalue weighted by molar-refractivity contribution is 0.149. The lowest BCUT2D eigenvalue weighted by Crippen LogP contribution is -2.45. The van der Waals surface area contributed by atoms with Gasteiger partial charge in [0.1, 0.15) is 0 Å². The van der Waals surface area contributed by atoms with Gasteiger partial charge in [-0.15, -0.1) is 0 Å². The van der Waals surface area contributed by atoms with Gasteiger partial charge in [-0.3, -0.25) is 0 Å². The average Bonchev–Trinajstić information content (AvgIpc) is 2.74. The van der Waals surface area contributed by atoms with Gasteiger partial charge in [0.05, 0.1) is 12.1 Å². The summed E-state index contributed by atoms with van der Waals surface area (Å²) < 4.78 is 0. The fraction of sp³-hybridized carbons (Fsp3) is 0.462. The van der Waals surface area contributed by atoms with Crippen LogP contribution in [0, 0.1) is 0 Å². The summed E-state index contributed by atoms with van der Waals surface area (Å²) in [5.74, 6) is 0. The minimum Gasteiger partial charge on any atom is -0.391 e. The van der Waals surface area contributed by atoms with E-state index >= 15 is 0 Å². The molecule has 1 aromatic rings. The van der Waals surface area contributed by atoms with Crippen LogP contribution in [0.15, 0.2) is 30.3 Å². The summed E-state index contributed by atoms with van der Waals surface area (Å²) in [6.07, 6.45) is 2.23. The van der Waals surface area contributed by atoms with Crippen molar-refractivity contribution in [3.8, 4) is 0 Å². The van der Waals surface area contributed by atoms with E-state index in [1.165, 1.54) is 0 Å². The Labute approximate surface area is 101 Å². The van der Waals surface area contributed by atoms with Crippen LogP contribution in [0.1, 0.15) is 24.8 Å². The molecule has 0 radical (unpaired) electrons. The molecule has 0 saturated heterocycles. The number of aliphatic hydroxyl groups is 1. The predicted molar refractivity (Wildman–Crippen MR) is 65.5 cm³/mol. The SMILES string of the molecule is O=C(NCc1ccccc1)NC1CCCC1O. The molecule has 2 atom stereocenters. The Morgan fingerprint density at radius 2 is 2.06 bits per heavy atom. The van der Waals surface area contributed by atoms with Gasteiger partial charge in [-0.05, 0) is 24.8 Å². The first-order valence-electron chi connectivity index (χ1n) is 6.02. The van der Waals surface area contributed by atoms with E-state index in [2.05, 4.69) is 10.6 Å². The van der Waals surface area contributed by atoms with Crippen LogP contribution in [0.5, 0.6) is 0 Å². The van der Waals surface area contributed by atoms with Gasteiger partial charge in [0.2, 0.25) is 0 Å². The molecule has 17 heavy (non-hydrogen) atoms. The summed E-state index contributed by atoms with van der Waals surface area (Å²) in [5.41, 5.74) is 1.06. The molecular weight excluding hydrogens is 216 g/mol. The molecule has 92 valence electrons. The molecule has 1 aromatic carbocycles. The highest BCUT2D eigenvalue weighted by atomic mass is 16.3. The topological polar surface area (TPSA) is 61.4 Å². The van der Waals surface area contributed by atoms with Crippen molar-refractivity contribution in [1.29, 1.82) is 0 Å². The molecule has 2 rings (SSSR count). The van der Waals surface area contributed by atoms with Crippen molar-refractivity contribution in [2.75, 3.05) is 0 Å². The molecule has 1 saturated carbocycles. The third-order valence-electron chi connectivity index (χ3n) is 3.09. The number of rotatable bonds is 3. The number of hydrogen-bond donors (Lipinski definition) is 3. The molecule has 0 spiro atoms. The second kappa shape index (κ2) is 5.68. The van der Waals surface area contributed by atoms with E-state index in [1.807, 2.05) is 30.3 Å².